The van der Waals surface area contributed by atoms with Gasteiger partial charge in [0.1, 0.15) is 21.6 Å². The van der Waals surface area contributed by atoms with E-state index in [2.05, 4.69) is 25.9 Å². The van der Waals surface area contributed by atoms with Crippen LogP contribution in [-0.4, -0.2) is 9.97 Å². The van der Waals surface area contributed by atoms with Gasteiger partial charge in [-0.25, -0.2) is 4.98 Å². The largest absolute Gasteiger partial charge is 0.461 e. The van der Waals surface area contributed by atoms with Crippen molar-refractivity contribution < 1.29 is 4.42 Å². The number of halogens is 1. The number of hydrogen-bond donors (Lipinski definition) is 1. The number of aryl methyl sites for hydroxylation is 1. The number of para-hydroxylation sites is 1. The topological polar surface area (TPSA) is 58.9 Å². The molecule has 90 valence electrons. The van der Waals surface area contributed by atoms with Gasteiger partial charge >= 0.3 is 0 Å². The molecule has 1 N–H and O–H groups in total. The molecule has 4 nitrogen and oxygen atoms in total. The van der Waals surface area contributed by atoms with Gasteiger partial charge in [-0.15, -0.1) is 0 Å². The molecule has 2 aromatic heterocycles. The maximum absolute atomic E-state index is 11.6. The van der Waals surface area contributed by atoms with Crippen LogP contribution in [0.4, 0.5) is 0 Å². The van der Waals surface area contributed by atoms with Gasteiger partial charge in [0.2, 0.25) is 0 Å². The molecule has 0 aliphatic carbocycles. The van der Waals surface area contributed by atoms with E-state index in [0.717, 1.165) is 22.3 Å². The number of fused-ring (bicyclic) bond motifs is 1. The molecule has 3 aromatic rings. The van der Waals surface area contributed by atoms with Gasteiger partial charge in [0, 0.05) is 11.6 Å². The van der Waals surface area contributed by atoms with E-state index in [1.807, 2.05) is 31.2 Å². The fourth-order valence-electron chi connectivity index (χ4n) is 1.97. The molecule has 0 atom stereocenters. The van der Waals surface area contributed by atoms with Gasteiger partial charge in [-0.05, 0) is 28.9 Å². The Morgan fingerprint density at radius 3 is 2.89 bits per heavy atom. The highest BCUT2D eigenvalue weighted by molar-refractivity contribution is 9.10. The summed E-state index contributed by atoms with van der Waals surface area (Å²) in [4.78, 5) is 18.6. The second-order valence-electron chi connectivity index (χ2n) is 3.94. The Balaban J connectivity index is 2.34. The molecular weight excluding hydrogens is 296 g/mol. The summed E-state index contributed by atoms with van der Waals surface area (Å²) >= 11 is 3.13. The average molecular weight is 305 g/mol. The van der Waals surface area contributed by atoms with Crippen LogP contribution >= 0.6 is 15.9 Å². The molecule has 0 aliphatic heterocycles. The number of rotatable bonds is 1. The molecule has 0 spiro atoms. The molecule has 0 fully saturated rings. The molecule has 0 unspecified atom stereocenters. The minimum Gasteiger partial charge on any atom is -0.461 e. The van der Waals surface area contributed by atoms with Crippen LogP contribution in [0.15, 0.2) is 44.1 Å². The first-order valence-electron chi connectivity index (χ1n) is 5.40. The van der Waals surface area contributed by atoms with E-state index in [9.17, 15) is 4.79 Å². The third-order valence-electron chi connectivity index (χ3n) is 2.76. The normalized spacial score (nSPS) is 11.0. The van der Waals surface area contributed by atoms with Crippen molar-refractivity contribution in [3.05, 3.63) is 51.0 Å². The molecule has 2 heterocycles. The fraction of sp³-hybridized carbons (Fsp3) is 0.0769. The number of nitrogens with zero attached hydrogens (tertiary/aromatic N) is 1. The molecule has 0 bridgehead atoms. The quantitative estimate of drug-likeness (QED) is 0.750. The molecule has 0 amide bonds. The second kappa shape index (κ2) is 4.10. The molecule has 0 saturated heterocycles. The highest BCUT2D eigenvalue weighted by atomic mass is 79.9. The number of aromatic amines is 1. The van der Waals surface area contributed by atoms with Crippen LogP contribution < -0.4 is 5.56 Å². The third kappa shape index (κ3) is 1.67. The van der Waals surface area contributed by atoms with Crippen LogP contribution in [-0.2, 0) is 0 Å². The van der Waals surface area contributed by atoms with E-state index in [1.54, 1.807) is 0 Å². The van der Waals surface area contributed by atoms with Crippen molar-refractivity contribution in [3.8, 4) is 11.4 Å². The van der Waals surface area contributed by atoms with Gasteiger partial charge in [0.25, 0.3) is 5.56 Å². The van der Waals surface area contributed by atoms with Gasteiger partial charge in [0.05, 0.1) is 5.56 Å². The van der Waals surface area contributed by atoms with Crippen LogP contribution in [0.3, 0.4) is 0 Å². The molecule has 0 aliphatic rings. The number of aromatic nitrogens is 2. The first kappa shape index (κ1) is 11.2. The van der Waals surface area contributed by atoms with E-state index in [1.165, 1.54) is 6.20 Å². The number of benzene rings is 1. The number of furan rings is 1. The minimum atomic E-state index is -0.204. The Labute approximate surface area is 111 Å². The smallest absolute Gasteiger partial charge is 0.265 e. The molecule has 5 heteroatoms. The summed E-state index contributed by atoms with van der Waals surface area (Å²) in [5.74, 6) is 1.26. The van der Waals surface area contributed by atoms with E-state index < -0.39 is 0 Å². The van der Waals surface area contributed by atoms with E-state index in [0.29, 0.717) is 10.3 Å². The second-order valence-corrected chi connectivity index (χ2v) is 4.79. The lowest BCUT2D eigenvalue weighted by Gasteiger charge is -1.99. The van der Waals surface area contributed by atoms with Crippen molar-refractivity contribution in [3.63, 3.8) is 0 Å². The van der Waals surface area contributed by atoms with Gasteiger partial charge < -0.3 is 9.40 Å². The average Bonchev–Trinajstić information content (AvgIpc) is 2.69. The number of nitrogens with one attached hydrogen (secondary N) is 1. The molecular formula is C13H9BrN2O2. The molecule has 18 heavy (non-hydrogen) atoms. The summed E-state index contributed by atoms with van der Waals surface area (Å²) in [6, 6.07) is 7.68. The number of H-pyrrole nitrogens is 1. The Bertz CT molecular complexity index is 789. The van der Waals surface area contributed by atoms with E-state index in [4.69, 9.17) is 4.42 Å². The lowest BCUT2D eigenvalue weighted by Crippen LogP contribution is -2.09. The lowest BCUT2D eigenvalue weighted by molar-refractivity contribution is 0.579. The van der Waals surface area contributed by atoms with Crippen molar-refractivity contribution in [2.45, 2.75) is 6.92 Å². The highest BCUT2D eigenvalue weighted by Crippen LogP contribution is 2.31. The zero-order valence-corrected chi connectivity index (χ0v) is 11.1. The first-order valence-corrected chi connectivity index (χ1v) is 6.19. The maximum atomic E-state index is 11.6. The molecule has 0 saturated carbocycles. The molecule has 1 aromatic carbocycles. The Morgan fingerprint density at radius 1 is 1.33 bits per heavy atom. The lowest BCUT2D eigenvalue weighted by atomic mass is 10.1. The zero-order chi connectivity index (χ0) is 12.7. The van der Waals surface area contributed by atoms with Crippen LogP contribution in [0.1, 0.15) is 5.76 Å². The van der Waals surface area contributed by atoms with Crippen molar-refractivity contribution in [2.75, 3.05) is 0 Å². The van der Waals surface area contributed by atoms with Crippen LogP contribution in [0.5, 0.6) is 0 Å². The van der Waals surface area contributed by atoms with Crippen LogP contribution in [0.25, 0.3) is 22.4 Å². The molecule has 0 radical (unpaired) electrons. The summed E-state index contributed by atoms with van der Waals surface area (Å²) in [7, 11) is 0. The van der Waals surface area contributed by atoms with Crippen molar-refractivity contribution in [1.29, 1.82) is 0 Å². The van der Waals surface area contributed by atoms with E-state index in [-0.39, 0.29) is 5.56 Å². The zero-order valence-electron chi connectivity index (χ0n) is 9.53. The van der Waals surface area contributed by atoms with Crippen LogP contribution in [0, 0.1) is 6.92 Å². The van der Waals surface area contributed by atoms with E-state index >= 15 is 0 Å². The Hall–Kier alpha value is -1.88. The summed E-state index contributed by atoms with van der Waals surface area (Å²) in [5.41, 5.74) is 1.41. The monoisotopic (exact) mass is 304 g/mol. The third-order valence-corrected chi connectivity index (χ3v) is 3.33. The van der Waals surface area contributed by atoms with Crippen molar-refractivity contribution >= 4 is 26.9 Å². The van der Waals surface area contributed by atoms with Gasteiger partial charge in [-0.2, -0.15) is 0 Å². The predicted molar refractivity (Wildman–Crippen MR) is 72.5 cm³/mol. The van der Waals surface area contributed by atoms with Gasteiger partial charge in [0.15, 0.2) is 0 Å². The summed E-state index contributed by atoms with van der Waals surface area (Å²) < 4.78 is 6.06. The first-order chi connectivity index (χ1) is 8.66. The predicted octanol–water partition coefficient (Wildman–Crippen LogP) is 3.25. The summed E-state index contributed by atoms with van der Waals surface area (Å²) in [6.45, 7) is 1.86. The Kier molecular flexibility index (Phi) is 2.56. The summed E-state index contributed by atoms with van der Waals surface area (Å²) in [5, 5.41) is 0.945. The fourth-order valence-corrected chi connectivity index (χ4v) is 2.17. The minimum absolute atomic E-state index is 0.204. The van der Waals surface area contributed by atoms with Gasteiger partial charge in [-0.1, -0.05) is 18.2 Å². The summed E-state index contributed by atoms with van der Waals surface area (Å²) in [6.07, 6.45) is 1.50. The highest BCUT2D eigenvalue weighted by Gasteiger charge is 2.14. The standard InChI is InChI=1S/C13H9BrN2O2/c1-7-11(8-4-2-3-5-10(8)18-7)12-15-6-9(14)13(17)16-12/h2-6H,1H3,(H,15,16,17). The maximum Gasteiger partial charge on any atom is 0.265 e. The van der Waals surface area contributed by atoms with Crippen molar-refractivity contribution in [2.24, 2.45) is 0 Å². The number of hydrogen-bond acceptors (Lipinski definition) is 3. The van der Waals surface area contributed by atoms with Crippen molar-refractivity contribution in [1.82, 2.24) is 9.97 Å². The Morgan fingerprint density at radius 2 is 2.11 bits per heavy atom. The SMILES string of the molecule is Cc1oc2ccccc2c1-c1ncc(Br)c(=O)[nH]1. The molecule has 3 rings (SSSR count). The van der Waals surface area contributed by atoms with Gasteiger partial charge in [-0.3, -0.25) is 4.79 Å². The van der Waals surface area contributed by atoms with Crippen LogP contribution in [0.2, 0.25) is 0 Å².